The molecule has 0 N–H and O–H groups in total. The molecule has 0 amide bonds. The Hall–Kier alpha value is -2.10. The summed E-state index contributed by atoms with van der Waals surface area (Å²) >= 11 is 12.3. The first-order valence-electron chi connectivity index (χ1n) is 6.15. The van der Waals surface area contributed by atoms with Gasteiger partial charge in [-0.1, -0.05) is 29.3 Å². The number of nitrogens with zero attached hydrogens (tertiary/aromatic N) is 1. The Morgan fingerprint density at radius 2 is 1.86 bits per heavy atom. The second kappa shape index (κ2) is 5.72. The van der Waals surface area contributed by atoms with Gasteiger partial charge in [0.2, 0.25) is 0 Å². The van der Waals surface area contributed by atoms with Crippen LogP contribution in [0.25, 0.3) is 10.9 Å². The quantitative estimate of drug-likeness (QED) is 0.627. The number of carbonyl (C=O) groups is 1. The smallest absolute Gasteiger partial charge is 0.156 e. The first-order valence-corrected chi connectivity index (χ1v) is 6.91. The van der Waals surface area contributed by atoms with Gasteiger partial charge in [0.05, 0.1) is 15.6 Å². The molecule has 0 atom stereocenters. The van der Waals surface area contributed by atoms with Crippen molar-refractivity contribution in [2.75, 3.05) is 0 Å². The van der Waals surface area contributed by atoms with E-state index in [1.165, 1.54) is 0 Å². The van der Waals surface area contributed by atoms with Crippen LogP contribution >= 0.6 is 23.2 Å². The van der Waals surface area contributed by atoms with Crippen LogP contribution in [-0.4, -0.2) is 11.3 Å². The van der Waals surface area contributed by atoms with Gasteiger partial charge >= 0.3 is 0 Å². The Bertz CT molecular complexity index is 834. The van der Waals surface area contributed by atoms with Crippen molar-refractivity contribution in [3.8, 4) is 11.5 Å². The summed E-state index contributed by atoms with van der Waals surface area (Å²) in [5, 5.41) is 1.72. The van der Waals surface area contributed by atoms with E-state index in [1.807, 2.05) is 6.07 Å². The third-order valence-electron chi connectivity index (χ3n) is 3.02. The van der Waals surface area contributed by atoms with Crippen LogP contribution < -0.4 is 4.74 Å². The third kappa shape index (κ3) is 2.58. The Morgan fingerprint density at radius 3 is 2.67 bits per heavy atom. The Morgan fingerprint density at radius 1 is 1.00 bits per heavy atom. The molecule has 0 spiro atoms. The number of pyridine rings is 1. The Kier molecular flexibility index (Phi) is 3.78. The number of benzene rings is 2. The lowest BCUT2D eigenvalue weighted by molar-refractivity contribution is 0.112. The molecule has 0 saturated carbocycles. The van der Waals surface area contributed by atoms with E-state index in [9.17, 15) is 4.79 Å². The molecular formula is C16H9Cl2NO2. The van der Waals surface area contributed by atoms with Crippen molar-refractivity contribution in [1.82, 2.24) is 4.98 Å². The van der Waals surface area contributed by atoms with Gasteiger partial charge in [-0.25, -0.2) is 0 Å². The molecule has 21 heavy (non-hydrogen) atoms. The maximum Gasteiger partial charge on any atom is 0.156 e. The van der Waals surface area contributed by atoms with Crippen molar-refractivity contribution in [1.29, 1.82) is 0 Å². The number of fused-ring (bicyclic) bond motifs is 1. The van der Waals surface area contributed by atoms with Crippen LogP contribution in [0.3, 0.4) is 0 Å². The molecule has 0 aliphatic rings. The number of rotatable bonds is 3. The standard InChI is InChI=1S/C16H9Cl2NO2/c17-12-6-7-14(15-11(12)4-2-8-19-15)21-16-10(9-20)3-1-5-13(16)18/h1-9H. The highest BCUT2D eigenvalue weighted by Crippen LogP contribution is 2.36. The van der Waals surface area contributed by atoms with E-state index in [-0.39, 0.29) is 0 Å². The molecule has 3 aromatic rings. The lowest BCUT2D eigenvalue weighted by Crippen LogP contribution is -1.93. The number of hydrogen-bond donors (Lipinski definition) is 0. The minimum Gasteiger partial charge on any atom is -0.453 e. The van der Waals surface area contributed by atoms with E-state index in [0.717, 1.165) is 5.39 Å². The van der Waals surface area contributed by atoms with Crippen molar-refractivity contribution in [3.63, 3.8) is 0 Å². The summed E-state index contributed by atoms with van der Waals surface area (Å²) < 4.78 is 5.82. The van der Waals surface area contributed by atoms with Crippen molar-refractivity contribution in [2.24, 2.45) is 0 Å². The highest BCUT2D eigenvalue weighted by Gasteiger charge is 2.12. The molecule has 0 bridgehead atoms. The maximum atomic E-state index is 11.1. The van der Waals surface area contributed by atoms with Crippen molar-refractivity contribution >= 4 is 40.4 Å². The van der Waals surface area contributed by atoms with Crippen molar-refractivity contribution in [3.05, 3.63) is 64.3 Å². The van der Waals surface area contributed by atoms with Gasteiger partial charge in [0, 0.05) is 11.6 Å². The SMILES string of the molecule is O=Cc1cccc(Cl)c1Oc1ccc(Cl)c2cccnc12. The molecule has 104 valence electrons. The number of hydrogen-bond acceptors (Lipinski definition) is 3. The fourth-order valence-corrected chi connectivity index (χ4v) is 2.47. The van der Waals surface area contributed by atoms with Gasteiger partial charge in [0.25, 0.3) is 0 Å². The van der Waals surface area contributed by atoms with Gasteiger partial charge in [-0.2, -0.15) is 0 Å². The van der Waals surface area contributed by atoms with Gasteiger partial charge in [-0.15, -0.1) is 0 Å². The zero-order valence-electron chi connectivity index (χ0n) is 10.7. The number of ether oxygens (including phenoxy) is 1. The van der Waals surface area contributed by atoms with Crippen LogP contribution in [0.4, 0.5) is 0 Å². The molecule has 0 unspecified atom stereocenters. The highest BCUT2D eigenvalue weighted by atomic mass is 35.5. The summed E-state index contributed by atoms with van der Waals surface area (Å²) in [4.78, 5) is 15.4. The lowest BCUT2D eigenvalue weighted by atomic mass is 10.2. The van der Waals surface area contributed by atoms with Crippen molar-refractivity contribution in [2.45, 2.75) is 0 Å². The molecule has 0 aliphatic carbocycles. The number of aldehydes is 1. The summed E-state index contributed by atoms with van der Waals surface area (Å²) in [6.45, 7) is 0. The van der Waals surface area contributed by atoms with E-state index in [1.54, 1.807) is 42.6 Å². The first-order chi connectivity index (χ1) is 10.2. The Labute approximate surface area is 131 Å². The number of para-hydroxylation sites is 1. The van der Waals surface area contributed by atoms with E-state index in [4.69, 9.17) is 27.9 Å². The summed E-state index contributed by atoms with van der Waals surface area (Å²) in [6, 6.07) is 12.1. The monoisotopic (exact) mass is 317 g/mol. The van der Waals surface area contributed by atoms with Crippen LogP contribution in [0.2, 0.25) is 10.0 Å². The summed E-state index contributed by atoms with van der Waals surface area (Å²) in [7, 11) is 0. The zero-order valence-corrected chi connectivity index (χ0v) is 12.2. The molecular weight excluding hydrogens is 309 g/mol. The minimum atomic E-state index is 0.309. The number of carbonyl (C=O) groups excluding carboxylic acids is 1. The number of aromatic nitrogens is 1. The van der Waals surface area contributed by atoms with Crippen LogP contribution in [0.5, 0.6) is 11.5 Å². The topological polar surface area (TPSA) is 39.2 Å². The van der Waals surface area contributed by atoms with Gasteiger partial charge in [-0.3, -0.25) is 9.78 Å². The molecule has 5 heteroatoms. The van der Waals surface area contributed by atoms with Gasteiger partial charge in [0.1, 0.15) is 5.52 Å². The molecule has 0 fully saturated rings. The second-order valence-corrected chi connectivity index (χ2v) is 5.14. The molecule has 1 heterocycles. The molecule has 0 saturated heterocycles. The normalized spacial score (nSPS) is 10.6. The Balaban J connectivity index is 2.16. The van der Waals surface area contributed by atoms with Gasteiger partial charge < -0.3 is 4.74 Å². The first kappa shape index (κ1) is 13.9. The fraction of sp³-hybridized carbons (Fsp3) is 0. The predicted molar refractivity (Wildman–Crippen MR) is 83.7 cm³/mol. The molecule has 1 aromatic heterocycles. The average Bonchev–Trinajstić information content (AvgIpc) is 2.52. The van der Waals surface area contributed by atoms with Crippen LogP contribution in [0.15, 0.2) is 48.7 Å². The van der Waals surface area contributed by atoms with E-state index < -0.39 is 0 Å². The van der Waals surface area contributed by atoms with Gasteiger partial charge in [0.15, 0.2) is 17.8 Å². The second-order valence-electron chi connectivity index (χ2n) is 4.32. The molecule has 3 nitrogen and oxygen atoms in total. The summed E-state index contributed by atoms with van der Waals surface area (Å²) in [6.07, 6.45) is 2.35. The van der Waals surface area contributed by atoms with Crippen LogP contribution in [0.1, 0.15) is 10.4 Å². The lowest BCUT2D eigenvalue weighted by Gasteiger charge is -2.12. The number of halogens is 2. The van der Waals surface area contributed by atoms with Gasteiger partial charge in [-0.05, 0) is 36.4 Å². The predicted octanol–water partition coefficient (Wildman–Crippen LogP) is 5.15. The summed E-state index contributed by atoms with van der Waals surface area (Å²) in [5.41, 5.74) is 0.989. The molecule has 3 rings (SSSR count). The molecule has 0 aliphatic heterocycles. The molecule has 2 aromatic carbocycles. The van der Waals surface area contributed by atoms with Crippen LogP contribution in [-0.2, 0) is 0 Å². The highest BCUT2D eigenvalue weighted by molar-refractivity contribution is 6.35. The minimum absolute atomic E-state index is 0.309. The fourth-order valence-electron chi connectivity index (χ4n) is 2.03. The maximum absolute atomic E-state index is 11.1. The van der Waals surface area contributed by atoms with Crippen molar-refractivity contribution < 1.29 is 9.53 Å². The van der Waals surface area contributed by atoms with E-state index >= 15 is 0 Å². The summed E-state index contributed by atoms with van der Waals surface area (Å²) in [5.74, 6) is 0.801. The van der Waals surface area contributed by atoms with Crippen LogP contribution in [0, 0.1) is 0 Å². The zero-order chi connectivity index (χ0) is 14.8. The third-order valence-corrected chi connectivity index (χ3v) is 3.64. The van der Waals surface area contributed by atoms with E-state index in [2.05, 4.69) is 4.98 Å². The van der Waals surface area contributed by atoms with E-state index in [0.29, 0.717) is 38.9 Å². The average molecular weight is 318 g/mol. The molecule has 0 radical (unpaired) electrons. The largest absolute Gasteiger partial charge is 0.453 e.